The second kappa shape index (κ2) is 4.65. The number of Topliss-reactive ketones (excluding diaryl/α,β-unsaturated/α-hetero) is 1. The van der Waals surface area contributed by atoms with E-state index in [9.17, 15) is 9.59 Å². The second-order valence-corrected chi connectivity index (χ2v) is 4.20. The van der Waals surface area contributed by atoms with Gasteiger partial charge >= 0.3 is 5.97 Å². The van der Waals surface area contributed by atoms with Gasteiger partial charge in [0, 0.05) is 4.47 Å². The molecular formula is C11H11BrO4. The van der Waals surface area contributed by atoms with E-state index in [1.54, 1.807) is 19.9 Å². The standard InChI is InChI=1S/C11H11BrO4/c1-5-4-7(12)6(2)8(10(5)16-3)9(13)11(14)15/h4H,1-3H3,(H,14,15). The van der Waals surface area contributed by atoms with Crippen LogP contribution < -0.4 is 4.74 Å². The largest absolute Gasteiger partial charge is 0.496 e. The number of hydrogen-bond donors (Lipinski definition) is 1. The van der Waals surface area contributed by atoms with Crippen molar-refractivity contribution in [3.63, 3.8) is 0 Å². The first-order valence-electron chi connectivity index (χ1n) is 4.51. The molecule has 0 radical (unpaired) electrons. The number of benzene rings is 1. The molecule has 0 spiro atoms. The molecule has 0 aliphatic rings. The predicted molar refractivity (Wildman–Crippen MR) is 62.1 cm³/mol. The number of halogens is 1. The van der Waals surface area contributed by atoms with E-state index in [0.29, 0.717) is 21.3 Å². The zero-order valence-electron chi connectivity index (χ0n) is 9.13. The Morgan fingerprint density at radius 1 is 1.38 bits per heavy atom. The summed E-state index contributed by atoms with van der Waals surface area (Å²) in [6, 6.07) is 1.78. The van der Waals surface area contributed by atoms with Crippen molar-refractivity contribution in [2.24, 2.45) is 0 Å². The van der Waals surface area contributed by atoms with Gasteiger partial charge in [0.25, 0.3) is 5.78 Å². The monoisotopic (exact) mass is 286 g/mol. The lowest BCUT2D eigenvalue weighted by molar-refractivity contribution is -0.131. The molecule has 1 aromatic rings. The molecule has 86 valence electrons. The van der Waals surface area contributed by atoms with Crippen molar-refractivity contribution in [3.8, 4) is 5.75 Å². The summed E-state index contributed by atoms with van der Waals surface area (Å²) in [6.07, 6.45) is 0. The van der Waals surface area contributed by atoms with Crippen LogP contribution in [0.3, 0.4) is 0 Å². The van der Waals surface area contributed by atoms with Crippen LogP contribution in [0, 0.1) is 13.8 Å². The highest BCUT2D eigenvalue weighted by Crippen LogP contribution is 2.32. The third-order valence-corrected chi connectivity index (χ3v) is 3.11. The fourth-order valence-corrected chi connectivity index (χ4v) is 2.04. The van der Waals surface area contributed by atoms with Gasteiger partial charge in [0.2, 0.25) is 0 Å². The molecule has 0 aromatic heterocycles. The van der Waals surface area contributed by atoms with Gasteiger partial charge in [-0.25, -0.2) is 4.79 Å². The Kier molecular flexibility index (Phi) is 3.70. The molecule has 0 amide bonds. The average Bonchev–Trinajstić information content (AvgIpc) is 2.21. The lowest BCUT2D eigenvalue weighted by Crippen LogP contribution is -2.16. The summed E-state index contributed by atoms with van der Waals surface area (Å²) < 4.78 is 5.77. The highest BCUT2D eigenvalue weighted by Gasteiger charge is 2.24. The van der Waals surface area contributed by atoms with Gasteiger partial charge in [0.1, 0.15) is 5.75 Å². The number of rotatable bonds is 3. The molecule has 0 aliphatic heterocycles. The minimum absolute atomic E-state index is 0.0990. The minimum Gasteiger partial charge on any atom is -0.496 e. The zero-order chi connectivity index (χ0) is 12.5. The number of methoxy groups -OCH3 is 1. The van der Waals surface area contributed by atoms with Crippen LogP contribution in [-0.4, -0.2) is 24.0 Å². The highest BCUT2D eigenvalue weighted by atomic mass is 79.9. The summed E-state index contributed by atoms with van der Waals surface area (Å²) in [6.45, 7) is 3.42. The number of carboxylic acid groups (broad SMARTS) is 1. The number of carbonyl (C=O) groups excluding carboxylic acids is 1. The molecule has 0 heterocycles. The van der Waals surface area contributed by atoms with Gasteiger partial charge in [-0.05, 0) is 31.0 Å². The van der Waals surface area contributed by atoms with Crippen LogP contribution in [0.25, 0.3) is 0 Å². The third kappa shape index (κ3) is 2.09. The Morgan fingerprint density at radius 2 is 1.94 bits per heavy atom. The Bertz CT molecular complexity index is 466. The lowest BCUT2D eigenvalue weighted by atomic mass is 10.00. The number of hydrogen-bond acceptors (Lipinski definition) is 3. The van der Waals surface area contributed by atoms with Crippen LogP contribution in [0.1, 0.15) is 21.5 Å². The van der Waals surface area contributed by atoms with Gasteiger partial charge in [-0.2, -0.15) is 0 Å². The fraction of sp³-hybridized carbons (Fsp3) is 0.273. The smallest absolute Gasteiger partial charge is 0.377 e. The van der Waals surface area contributed by atoms with Crippen molar-refractivity contribution in [3.05, 3.63) is 27.2 Å². The summed E-state index contributed by atoms with van der Waals surface area (Å²) in [5.41, 5.74) is 1.38. The molecule has 0 atom stereocenters. The molecule has 0 unspecified atom stereocenters. The van der Waals surface area contributed by atoms with E-state index in [1.165, 1.54) is 7.11 Å². The molecule has 1 rings (SSSR count). The van der Waals surface area contributed by atoms with Crippen molar-refractivity contribution in [2.45, 2.75) is 13.8 Å². The molecule has 5 heteroatoms. The molecule has 0 fully saturated rings. The molecule has 0 bridgehead atoms. The molecule has 0 saturated heterocycles. The van der Waals surface area contributed by atoms with Gasteiger partial charge < -0.3 is 9.84 Å². The van der Waals surface area contributed by atoms with E-state index in [2.05, 4.69) is 15.9 Å². The number of ketones is 1. The van der Waals surface area contributed by atoms with Crippen LogP contribution >= 0.6 is 15.9 Å². The molecular weight excluding hydrogens is 276 g/mol. The van der Waals surface area contributed by atoms with Crippen LogP contribution in [0.2, 0.25) is 0 Å². The maximum atomic E-state index is 11.5. The molecule has 0 aliphatic carbocycles. The number of aryl methyl sites for hydroxylation is 1. The SMILES string of the molecule is COc1c(C)cc(Br)c(C)c1C(=O)C(=O)O. The van der Waals surface area contributed by atoms with Crippen LogP contribution in [-0.2, 0) is 4.79 Å². The normalized spacial score (nSPS) is 10.0. The Morgan fingerprint density at radius 3 is 2.38 bits per heavy atom. The first-order chi connectivity index (χ1) is 7.40. The van der Waals surface area contributed by atoms with Crippen molar-refractivity contribution in [2.75, 3.05) is 7.11 Å². The highest BCUT2D eigenvalue weighted by molar-refractivity contribution is 9.10. The first-order valence-corrected chi connectivity index (χ1v) is 5.30. The predicted octanol–water partition coefficient (Wildman–Crippen LogP) is 2.34. The number of ether oxygens (including phenoxy) is 1. The number of aliphatic carboxylic acids is 1. The topological polar surface area (TPSA) is 63.6 Å². The Labute approximate surface area is 101 Å². The van der Waals surface area contributed by atoms with Crippen LogP contribution in [0.5, 0.6) is 5.75 Å². The van der Waals surface area contributed by atoms with Crippen molar-refractivity contribution in [1.82, 2.24) is 0 Å². The lowest BCUT2D eigenvalue weighted by Gasteiger charge is -2.13. The molecule has 0 saturated carbocycles. The summed E-state index contributed by atoms with van der Waals surface area (Å²) >= 11 is 3.28. The van der Waals surface area contributed by atoms with E-state index < -0.39 is 11.8 Å². The van der Waals surface area contributed by atoms with Crippen LogP contribution in [0.15, 0.2) is 10.5 Å². The quantitative estimate of drug-likeness (QED) is 0.684. The van der Waals surface area contributed by atoms with E-state index in [1.807, 2.05) is 0 Å². The summed E-state index contributed by atoms with van der Waals surface area (Å²) in [5.74, 6) is -2.13. The molecule has 16 heavy (non-hydrogen) atoms. The average molecular weight is 287 g/mol. The van der Waals surface area contributed by atoms with Gasteiger partial charge in [0.05, 0.1) is 12.7 Å². The van der Waals surface area contributed by atoms with E-state index in [4.69, 9.17) is 9.84 Å². The Balaban J connectivity index is 3.57. The molecule has 1 aromatic carbocycles. The summed E-state index contributed by atoms with van der Waals surface area (Å²) in [5, 5.41) is 8.74. The van der Waals surface area contributed by atoms with Crippen molar-refractivity contribution in [1.29, 1.82) is 0 Å². The van der Waals surface area contributed by atoms with Crippen molar-refractivity contribution >= 4 is 27.7 Å². The molecule has 1 N–H and O–H groups in total. The van der Waals surface area contributed by atoms with Gasteiger partial charge in [-0.1, -0.05) is 15.9 Å². The van der Waals surface area contributed by atoms with E-state index in [-0.39, 0.29) is 5.56 Å². The van der Waals surface area contributed by atoms with Gasteiger partial charge in [0.15, 0.2) is 0 Å². The maximum Gasteiger partial charge on any atom is 0.377 e. The zero-order valence-corrected chi connectivity index (χ0v) is 10.7. The Hall–Kier alpha value is -1.36. The van der Waals surface area contributed by atoms with Gasteiger partial charge in [-0.15, -0.1) is 0 Å². The summed E-state index contributed by atoms with van der Waals surface area (Å²) in [7, 11) is 1.41. The first kappa shape index (κ1) is 12.7. The van der Waals surface area contributed by atoms with E-state index in [0.717, 1.165) is 0 Å². The second-order valence-electron chi connectivity index (χ2n) is 3.34. The summed E-state index contributed by atoms with van der Waals surface area (Å²) in [4.78, 5) is 22.3. The number of carbonyl (C=O) groups is 2. The fourth-order valence-electron chi connectivity index (χ4n) is 1.49. The maximum absolute atomic E-state index is 11.5. The van der Waals surface area contributed by atoms with Crippen molar-refractivity contribution < 1.29 is 19.4 Å². The minimum atomic E-state index is -1.49. The van der Waals surface area contributed by atoms with Gasteiger partial charge in [-0.3, -0.25) is 4.79 Å². The molecule has 4 nitrogen and oxygen atoms in total. The third-order valence-electron chi connectivity index (χ3n) is 2.29. The number of carboxylic acids is 1. The van der Waals surface area contributed by atoms with Crippen LogP contribution in [0.4, 0.5) is 0 Å². The van der Waals surface area contributed by atoms with E-state index >= 15 is 0 Å².